The van der Waals surface area contributed by atoms with Crippen molar-refractivity contribution in [3.8, 4) is 5.75 Å². The van der Waals surface area contributed by atoms with Crippen LogP contribution in [0.5, 0.6) is 5.75 Å². The summed E-state index contributed by atoms with van der Waals surface area (Å²) in [7, 11) is 0. The molecule has 1 fully saturated rings. The second-order valence-electron chi connectivity index (χ2n) is 7.44. The molecule has 9 heteroatoms. The topological polar surface area (TPSA) is 85.7 Å². The number of benzene rings is 2. The number of halogens is 1. The van der Waals surface area contributed by atoms with E-state index in [0.29, 0.717) is 50.0 Å². The molecule has 1 aliphatic rings. The molecule has 0 radical (unpaired) electrons. The molecule has 0 saturated carbocycles. The number of rotatable bonds is 8. The lowest BCUT2D eigenvalue weighted by Gasteiger charge is -2.27. The number of carbonyl (C=O) groups excluding carboxylic acids is 2. The van der Waals surface area contributed by atoms with Gasteiger partial charge in [-0.1, -0.05) is 23.7 Å². The molecule has 32 heavy (non-hydrogen) atoms. The summed E-state index contributed by atoms with van der Waals surface area (Å²) in [5.74, 6) is 1.14. The predicted octanol–water partition coefficient (Wildman–Crippen LogP) is 2.29. The number of ether oxygens (including phenoxy) is 2. The van der Waals surface area contributed by atoms with Crippen LogP contribution in [-0.2, 0) is 27.3 Å². The van der Waals surface area contributed by atoms with Crippen molar-refractivity contribution in [1.82, 2.24) is 19.8 Å². The van der Waals surface area contributed by atoms with Gasteiger partial charge in [-0.2, -0.15) is 0 Å². The molecule has 2 amide bonds. The Balaban J connectivity index is 1.35. The SMILES string of the molecule is O=C(COc1ccc(Cl)cc1)NCCc1nc2ccccc2n1CC(=O)N1CCOCC1. The minimum absolute atomic E-state index is 0.0399. The fourth-order valence-electron chi connectivity index (χ4n) is 3.59. The Hall–Kier alpha value is -3.10. The minimum Gasteiger partial charge on any atom is -0.484 e. The molecule has 0 aliphatic carbocycles. The van der Waals surface area contributed by atoms with E-state index in [1.807, 2.05) is 33.7 Å². The maximum absolute atomic E-state index is 12.8. The number of nitrogens with zero attached hydrogens (tertiary/aromatic N) is 3. The Kier molecular flexibility index (Phi) is 7.24. The van der Waals surface area contributed by atoms with E-state index in [0.717, 1.165) is 16.9 Å². The number of morpholine rings is 1. The van der Waals surface area contributed by atoms with Crippen LogP contribution in [0, 0.1) is 0 Å². The van der Waals surface area contributed by atoms with Gasteiger partial charge in [0.05, 0.1) is 24.2 Å². The highest BCUT2D eigenvalue weighted by Crippen LogP contribution is 2.17. The lowest BCUT2D eigenvalue weighted by atomic mass is 10.3. The highest BCUT2D eigenvalue weighted by atomic mass is 35.5. The van der Waals surface area contributed by atoms with Crippen molar-refractivity contribution >= 4 is 34.4 Å². The van der Waals surface area contributed by atoms with Crippen molar-refractivity contribution in [2.75, 3.05) is 39.5 Å². The van der Waals surface area contributed by atoms with Crippen molar-refractivity contribution in [3.05, 3.63) is 59.4 Å². The monoisotopic (exact) mass is 456 g/mol. The van der Waals surface area contributed by atoms with Crippen molar-refractivity contribution in [3.63, 3.8) is 0 Å². The van der Waals surface area contributed by atoms with Crippen LogP contribution < -0.4 is 10.1 Å². The maximum atomic E-state index is 12.8. The van der Waals surface area contributed by atoms with Crippen LogP contribution >= 0.6 is 11.6 Å². The van der Waals surface area contributed by atoms with E-state index in [1.165, 1.54) is 0 Å². The largest absolute Gasteiger partial charge is 0.484 e. The highest BCUT2D eigenvalue weighted by Gasteiger charge is 2.20. The Morgan fingerprint density at radius 1 is 1.09 bits per heavy atom. The third-order valence-corrected chi connectivity index (χ3v) is 5.50. The molecule has 3 aromatic rings. The first-order chi connectivity index (χ1) is 15.6. The van der Waals surface area contributed by atoms with E-state index >= 15 is 0 Å². The number of imidazole rings is 1. The average Bonchev–Trinajstić information content (AvgIpc) is 3.16. The van der Waals surface area contributed by atoms with Gasteiger partial charge in [0.25, 0.3) is 5.91 Å². The number of aromatic nitrogens is 2. The van der Waals surface area contributed by atoms with Gasteiger partial charge in [0.2, 0.25) is 5.91 Å². The Bertz CT molecular complexity index is 1080. The second-order valence-corrected chi connectivity index (χ2v) is 7.88. The Morgan fingerprint density at radius 2 is 1.84 bits per heavy atom. The summed E-state index contributed by atoms with van der Waals surface area (Å²) in [6.07, 6.45) is 0.498. The van der Waals surface area contributed by atoms with Crippen LogP contribution in [0.25, 0.3) is 11.0 Å². The molecule has 0 atom stereocenters. The molecule has 1 aromatic heterocycles. The van der Waals surface area contributed by atoms with Gasteiger partial charge in [0.15, 0.2) is 6.61 Å². The fourth-order valence-corrected chi connectivity index (χ4v) is 3.71. The molecule has 1 N–H and O–H groups in total. The predicted molar refractivity (Wildman–Crippen MR) is 121 cm³/mol. The summed E-state index contributed by atoms with van der Waals surface area (Å²) in [6.45, 7) is 2.84. The van der Waals surface area contributed by atoms with Gasteiger partial charge in [-0.05, 0) is 36.4 Å². The first-order valence-corrected chi connectivity index (χ1v) is 10.9. The van der Waals surface area contributed by atoms with E-state index in [1.54, 1.807) is 24.3 Å². The summed E-state index contributed by atoms with van der Waals surface area (Å²) in [4.78, 5) is 31.5. The summed E-state index contributed by atoms with van der Waals surface area (Å²) >= 11 is 5.85. The van der Waals surface area contributed by atoms with Crippen LogP contribution in [0.4, 0.5) is 0 Å². The van der Waals surface area contributed by atoms with Gasteiger partial charge in [0.1, 0.15) is 18.1 Å². The van der Waals surface area contributed by atoms with Crippen molar-refractivity contribution < 1.29 is 19.1 Å². The molecule has 0 unspecified atom stereocenters. The van der Waals surface area contributed by atoms with Crippen LogP contribution in [0.3, 0.4) is 0 Å². The van der Waals surface area contributed by atoms with E-state index < -0.39 is 0 Å². The van der Waals surface area contributed by atoms with Gasteiger partial charge in [0, 0.05) is 31.1 Å². The fraction of sp³-hybridized carbons (Fsp3) is 0.348. The van der Waals surface area contributed by atoms with Crippen molar-refractivity contribution in [2.24, 2.45) is 0 Å². The molecule has 2 aromatic carbocycles. The summed E-state index contributed by atoms with van der Waals surface area (Å²) < 4.78 is 12.7. The molecule has 0 bridgehead atoms. The molecule has 4 rings (SSSR count). The first-order valence-electron chi connectivity index (χ1n) is 10.5. The van der Waals surface area contributed by atoms with Gasteiger partial charge < -0.3 is 24.3 Å². The lowest BCUT2D eigenvalue weighted by Crippen LogP contribution is -2.42. The number of carbonyl (C=O) groups is 2. The Morgan fingerprint density at radius 3 is 2.62 bits per heavy atom. The van der Waals surface area contributed by atoms with E-state index in [4.69, 9.17) is 21.1 Å². The molecule has 2 heterocycles. The number of amides is 2. The van der Waals surface area contributed by atoms with Gasteiger partial charge in [-0.15, -0.1) is 0 Å². The zero-order valence-corrected chi connectivity index (χ0v) is 18.4. The quantitative estimate of drug-likeness (QED) is 0.562. The zero-order valence-electron chi connectivity index (χ0n) is 17.6. The van der Waals surface area contributed by atoms with Crippen molar-refractivity contribution in [2.45, 2.75) is 13.0 Å². The molecule has 1 aliphatic heterocycles. The molecule has 8 nitrogen and oxygen atoms in total. The smallest absolute Gasteiger partial charge is 0.257 e. The number of para-hydroxylation sites is 2. The van der Waals surface area contributed by atoms with Crippen LogP contribution in [0.2, 0.25) is 5.02 Å². The average molecular weight is 457 g/mol. The van der Waals surface area contributed by atoms with Crippen LogP contribution in [-0.4, -0.2) is 65.7 Å². The molecule has 1 saturated heterocycles. The van der Waals surface area contributed by atoms with Crippen molar-refractivity contribution in [1.29, 1.82) is 0 Å². The second kappa shape index (κ2) is 10.5. The lowest BCUT2D eigenvalue weighted by molar-refractivity contribution is -0.135. The van der Waals surface area contributed by atoms with E-state index in [-0.39, 0.29) is 25.0 Å². The zero-order chi connectivity index (χ0) is 22.3. The van der Waals surface area contributed by atoms with E-state index in [2.05, 4.69) is 10.3 Å². The minimum atomic E-state index is -0.230. The number of hydrogen-bond acceptors (Lipinski definition) is 5. The number of hydrogen-bond donors (Lipinski definition) is 1. The van der Waals surface area contributed by atoms with Crippen LogP contribution in [0.1, 0.15) is 5.82 Å². The molecule has 0 spiro atoms. The maximum Gasteiger partial charge on any atom is 0.257 e. The van der Waals surface area contributed by atoms with E-state index in [9.17, 15) is 9.59 Å². The normalized spacial score (nSPS) is 13.8. The van der Waals surface area contributed by atoms with Crippen LogP contribution in [0.15, 0.2) is 48.5 Å². The standard InChI is InChI=1S/C23H25ClN4O4/c24-17-5-7-18(8-6-17)32-16-22(29)25-10-9-21-26-19-3-1-2-4-20(19)28(21)15-23(30)27-11-13-31-14-12-27/h1-8H,9-16H2,(H,25,29). The number of fused-ring (bicyclic) bond motifs is 1. The summed E-state index contributed by atoms with van der Waals surface area (Å²) in [5.41, 5.74) is 1.73. The van der Waals surface area contributed by atoms with Gasteiger partial charge >= 0.3 is 0 Å². The molecular weight excluding hydrogens is 432 g/mol. The molecule has 168 valence electrons. The third-order valence-electron chi connectivity index (χ3n) is 5.25. The van der Waals surface area contributed by atoms with Gasteiger partial charge in [-0.3, -0.25) is 9.59 Å². The Labute approximate surface area is 191 Å². The highest BCUT2D eigenvalue weighted by molar-refractivity contribution is 6.30. The van der Waals surface area contributed by atoms with Gasteiger partial charge in [-0.25, -0.2) is 4.98 Å². The molecular formula is C23H25ClN4O4. The summed E-state index contributed by atoms with van der Waals surface area (Å²) in [6, 6.07) is 14.6. The number of nitrogens with one attached hydrogen (secondary N) is 1. The third kappa shape index (κ3) is 5.57. The summed E-state index contributed by atoms with van der Waals surface area (Å²) in [5, 5.41) is 3.45. The first kappa shape index (κ1) is 22.1.